The molecule has 1 aromatic carbocycles. The van der Waals surface area contributed by atoms with Crippen LogP contribution in [-0.2, 0) is 11.2 Å². The van der Waals surface area contributed by atoms with E-state index in [-0.39, 0.29) is 5.91 Å². The highest BCUT2D eigenvalue weighted by Gasteiger charge is 2.04. The summed E-state index contributed by atoms with van der Waals surface area (Å²) in [6.45, 7) is 0.618. The van der Waals surface area contributed by atoms with Crippen LogP contribution in [0.15, 0.2) is 59.8 Å². The SMILES string of the molecule is O=C(CCCSc1ccc(Cl)cc1)NCCc1cn2ccccc2n1. The van der Waals surface area contributed by atoms with E-state index in [4.69, 9.17) is 11.6 Å². The molecule has 0 bridgehead atoms. The smallest absolute Gasteiger partial charge is 0.220 e. The maximum atomic E-state index is 11.9. The molecule has 0 saturated carbocycles. The average Bonchev–Trinajstić information content (AvgIpc) is 3.03. The van der Waals surface area contributed by atoms with Crippen molar-refractivity contribution in [1.29, 1.82) is 0 Å². The predicted octanol–water partition coefficient (Wildman–Crippen LogP) is 4.22. The Balaban J connectivity index is 1.32. The highest BCUT2D eigenvalue weighted by Crippen LogP contribution is 2.21. The van der Waals surface area contributed by atoms with Crippen molar-refractivity contribution in [3.05, 3.63) is 65.6 Å². The van der Waals surface area contributed by atoms with E-state index in [2.05, 4.69) is 10.3 Å². The zero-order chi connectivity index (χ0) is 17.5. The van der Waals surface area contributed by atoms with Crippen LogP contribution in [0.3, 0.4) is 0 Å². The van der Waals surface area contributed by atoms with E-state index in [0.717, 1.165) is 35.0 Å². The standard InChI is InChI=1S/C19H20ClN3OS/c20-15-6-8-17(9-7-15)25-13-3-5-19(24)21-11-10-16-14-23-12-2-1-4-18(23)22-16/h1-2,4,6-9,12,14H,3,5,10-11,13H2,(H,21,24). The minimum Gasteiger partial charge on any atom is -0.356 e. The van der Waals surface area contributed by atoms with Crippen LogP contribution < -0.4 is 5.32 Å². The first-order chi connectivity index (χ1) is 12.2. The molecule has 0 radical (unpaired) electrons. The summed E-state index contributed by atoms with van der Waals surface area (Å²) in [4.78, 5) is 17.6. The second kappa shape index (κ2) is 8.92. The van der Waals surface area contributed by atoms with Crippen molar-refractivity contribution in [3.63, 3.8) is 0 Å². The fourth-order valence-corrected chi connectivity index (χ4v) is 3.46. The fraction of sp³-hybridized carbons (Fsp3) is 0.263. The Labute approximate surface area is 156 Å². The summed E-state index contributed by atoms with van der Waals surface area (Å²) in [6.07, 6.45) is 6.12. The molecule has 0 aliphatic carbocycles. The van der Waals surface area contributed by atoms with Gasteiger partial charge in [-0.25, -0.2) is 4.98 Å². The zero-order valence-corrected chi connectivity index (χ0v) is 15.4. The van der Waals surface area contributed by atoms with Crippen molar-refractivity contribution in [1.82, 2.24) is 14.7 Å². The van der Waals surface area contributed by atoms with E-state index in [1.807, 2.05) is 59.3 Å². The number of benzene rings is 1. The molecule has 0 spiro atoms. The van der Waals surface area contributed by atoms with Crippen LogP contribution in [0.25, 0.3) is 5.65 Å². The maximum Gasteiger partial charge on any atom is 0.220 e. The number of nitrogens with zero attached hydrogens (tertiary/aromatic N) is 2. The third-order valence-electron chi connectivity index (χ3n) is 3.75. The van der Waals surface area contributed by atoms with Crippen molar-refractivity contribution in [2.75, 3.05) is 12.3 Å². The zero-order valence-electron chi connectivity index (χ0n) is 13.8. The Hall–Kier alpha value is -1.98. The summed E-state index contributed by atoms with van der Waals surface area (Å²) in [6, 6.07) is 13.7. The van der Waals surface area contributed by atoms with Crippen LogP contribution in [0.4, 0.5) is 0 Å². The second-order valence-electron chi connectivity index (χ2n) is 5.70. The Morgan fingerprint density at radius 2 is 2.04 bits per heavy atom. The molecular formula is C19H20ClN3OS. The molecule has 3 rings (SSSR count). The number of fused-ring (bicyclic) bond motifs is 1. The third-order valence-corrected chi connectivity index (χ3v) is 5.10. The molecule has 0 unspecified atom stereocenters. The number of rotatable bonds is 8. The van der Waals surface area contributed by atoms with E-state index in [1.54, 1.807) is 11.8 Å². The lowest BCUT2D eigenvalue weighted by molar-refractivity contribution is -0.121. The third kappa shape index (κ3) is 5.51. The molecule has 2 heterocycles. The molecule has 0 aliphatic heterocycles. The van der Waals surface area contributed by atoms with E-state index >= 15 is 0 Å². The molecule has 0 saturated heterocycles. The predicted molar refractivity (Wildman–Crippen MR) is 103 cm³/mol. The van der Waals surface area contributed by atoms with Crippen LogP contribution >= 0.6 is 23.4 Å². The quantitative estimate of drug-likeness (QED) is 0.475. The second-order valence-corrected chi connectivity index (χ2v) is 7.31. The van der Waals surface area contributed by atoms with Gasteiger partial charge < -0.3 is 9.72 Å². The van der Waals surface area contributed by atoms with E-state index in [1.165, 1.54) is 4.90 Å². The van der Waals surface area contributed by atoms with Crippen molar-refractivity contribution < 1.29 is 4.79 Å². The van der Waals surface area contributed by atoms with Crippen molar-refractivity contribution in [2.24, 2.45) is 0 Å². The lowest BCUT2D eigenvalue weighted by atomic mass is 10.3. The number of carbonyl (C=O) groups is 1. The Morgan fingerprint density at radius 3 is 2.84 bits per heavy atom. The van der Waals surface area contributed by atoms with Crippen molar-refractivity contribution in [3.8, 4) is 0 Å². The van der Waals surface area contributed by atoms with Gasteiger partial charge in [-0.05, 0) is 48.6 Å². The molecule has 3 aromatic rings. The van der Waals surface area contributed by atoms with Gasteiger partial charge in [-0.1, -0.05) is 17.7 Å². The number of aromatic nitrogens is 2. The highest BCUT2D eigenvalue weighted by atomic mass is 35.5. The molecular weight excluding hydrogens is 354 g/mol. The summed E-state index contributed by atoms with van der Waals surface area (Å²) in [5.41, 5.74) is 1.92. The monoisotopic (exact) mass is 373 g/mol. The maximum absolute atomic E-state index is 11.9. The first kappa shape index (κ1) is 17.8. The fourth-order valence-electron chi connectivity index (χ4n) is 2.48. The van der Waals surface area contributed by atoms with Gasteiger partial charge >= 0.3 is 0 Å². The Bertz CT molecular complexity index is 799. The largest absolute Gasteiger partial charge is 0.356 e. The molecule has 4 nitrogen and oxygen atoms in total. The Morgan fingerprint density at radius 1 is 1.20 bits per heavy atom. The van der Waals surface area contributed by atoms with Gasteiger partial charge in [-0.15, -0.1) is 11.8 Å². The number of amides is 1. The van der Waals surface area contributed by atoms with Gasteiger partial charge in [0.15, 0.2) is 0 Å². The van der Waals surface area contributed by atoms with Crippen LogP contribution in [-0.4, -0.2) is 27.6 Å². The first-order valence-electron chi connectivity index (χ1n) is 8.28. The number of hydrogen-bond donors (Lipinski definition) is 1. The number of halogens is 1. The van der Waals surface area contributed by atoms with Crippen LogP contribution in [0.5, 0.6) is 0 Å². The van der Waals surface area contributed by atoms with Gasteiger partial charge in [0.25, 0.3) is 0 Å². The van der Waals surface area contributed by atoms with Crippen molar-refractivity contribution >= 4 is 34.9 Å². The summed E-state index contributed by atoms with van der Waals surface area (Å²) < 4.78 is 1.99. The van der Waals surface area contributed by atoms with Gasteiger partial charge in [0.1, 0.15) is 5.65 Å². The van der Waals surface area contributed by atoms with Gasteiger partial charge in [0.2, 0.25) is 5.91 Å². The van der Waals surface area contributed by atoms with Crippen LogP contribution in [0.2, 0.25) is 5.02 Å². The first-order valence-corrected chi connectivity index (χ1v) is 9.65. The molecule has 0 fully saturated rings. The molecule has 1 amide bonds. The molecule has 0 aliphatic rings. The lowest BCUT2D eigenvalue weighted by Gasteiger charge is -2.04. The summed E-state index contributed by atoms with van der Waals surface area (Å²) >= 11 is 7.61. The van der Waals surface area contributed by atoms with Gasteiger partial charge in [-0.3, -0.25) is 4.79 Å². The number of hydrogen-bond acceptors (Lipinski definition) is 3. The minimum atomic E-state index is 0.0977. The molecule has 1 N–H and O–H groups in total. The molecule has 2 aromatic heterocycles. The van der Waals surface area contributed by atoms with E-state index in [0.29, 0.717) is 13.0 Å². The Kier molecular flexibility index (Phi) is 6.36. The molecule has 6 heteroatoms. The van der Waals surface area contributed by atoms with E-state index in [9.17, 15) is 4.79 Å². The number of carbonyl (C=O) groups excluding carboxylic acids is 1. The average molecular weight is 374 g/mol. The summed E-state index contributed by atoms with van der Waals surface area (Å²) in [5.74, 6) is 1.02. The number of imidazole rings is 1. The molecule has 25 heavy (non-hydrogen) atoms. The van der Waals surface area contributed by atoms with E-state index < -0.39 is 0 Å². The number of pyridine rings is 1. The van der Waals surface area contributed by atoms with Gasteiger partial charge in [-0.2, -0.15) is 0 Å². The van der Waals surface area contributed by atoms with Crippen LogP contribution in [0, 0.1) is 0 Å². The minimum absolute atomic E-state index is 0.0977. The highest BCUT2D eigenvalue weighted by molar-refractivity contribution is 7.99. The number of thioether (sulfide) groups is 1. The van der Waals surface area contributed by atoms with Gasteiger partial charge in [0, 0.05) is 41.7 Å². The summed E-state index contributed by atoms with van der Waals surface area (Å²) in [5, 5.41) is 3.71. The lowest BCUT2D eigenvalue weighted by Crippen LogP contribution is -2.25. The molecule has 0 atom stereocenters. The summed E-state index contributed by atoms with van der Waals surface area (Å²) in [7, 11) is 0. The van der Waals surface area contributed by atoms with Gasteiger partial charge in [0.05, 0.1) is 5.69 Å². The normalized spacial score (nSPS) is 10.9. The van der Waals surface area contributed by atoms with Crippen LogP contribution in [0.1, 0.15) is 18.5 Å². The molecule has 130 valence electrons. The van der Waals surface area contributed by atoms with Crippen molar-refractivity contribution in [2.45, 2.75) is 24.2 Å². The number of nitrogens with one attached hydrogen (secondary N) is 1. The topological polar surface area (TPSA) is 46.4 Å².